The van der Waals surface area contributed by atoms with E-state index < -0.39 is 0 Å². The molecular weight excluding hydrogens is 368 g/mol. The number of hydrogen-bond acceptors (Lipinski definition) is 12. The fourth-order valence-electron chi connectivity index (χ4n) is 3.07. The highest BCUT2D eigenvalue weighted by molar-refractivity contribution is 7.21. The Bertz CT molecular complexity index is 1130. The molecule has 0 radical (unpaired) electrons. The molecular formula is C14H14N12S. The van der Waals surface area contributed by atoms with Gasteiger partial charge >= 0.3 is 0 Å². The van der Waals surface area contributed by atoms with Crippen LogP contribution in [-0.4, -0.2) is 62.1 Å². The second-order valence-electron chi connectivity index (χ2n) is 6.24. The van der Waals surface area contributed by atoms with Crippen LogP contribution in [-0.2, 0) is 6.54 Å². The molecule has 0 bridgehead atoms. The number of nitrogens with one attached hydrogen (secondary N) is 2. The van der Waals surface area contributed by atoms with Gasteiger partial charge in [-0.05, 0) is 29.7 Å². The van der Waals surface area contributed by atoms with Gasteiger partial charge in [-0.15, -0.1) is 20.4 Å². The lowest BCUT2D eigenvalue weighted by Gasteiger charge is -2.23. The van der Waals surface area contributed by atoms with Crippen molar-refractivity contribution in [2.45, 2.75) is 38.3 Å². The lowest BCUT2D eigenvalue weighted by atomic mass is 9.94. The van der Waals surface area contributed by atoms with Gasteiger partial charge in [-0.1, -0.05) is 17.8 Å². The number of imidazole rings is 1. The molecule has 1 fully saturated rings. The molecule has 0 unspecified atom stereocenters. The Morgan fingerprint density at radius 1 is 1.11 bits per heavy atom. The van der Waals surface area contributed by atoms with Crippen molar-refractivity contribution in [2.24, 2.45) is 0 Å². The first-order valence-electron chi connectivity index (χ1n) is 8.47. The number of thiazole rings is 1. The van der Waals surface area contributed by atoms with E-state index in [9.17, 15) is 0 Å². The number of rotatable bonds is 4. The van der Waals surface area contributed by atoms with E-state index in [-0.39, 0.29) is 6.04 Å². The third-order valence-corrected chi connectivity index (χ3v) is 5.28. The topological polar surface area (TPSA) is 157 Å². The monoisotopic (exact) mass is 382 g/mol. The van der Waals surface area contributed by atoms with Crippen molar-refractivity contribution >= 4 is 44.0 Å². The van der Waals surface area contributed by atoms with Crippen LogP contribution in [0.1, 0.15) is 31.5 Å². The molecule has 1 aliphatic carbocycles. The molecule has 13 heteroatoms. The summed E-state index contributed by atoms with van der Waals surface area (Å²) < 4.78 is 1.74. The van der Waals surface area contributed by atoms with Crippen molar-refractivity contribution in [1.29, 1.82) is 5.41 Å². The Balaban J connectivity index is 1.39. The maximum absolute atomic E-state index is 8.08. The van der Waals surface area contributed by atoms with Crippen LogP contribution in [0, 0.1) is 5.41 Å². The van der Waals surface area contributed by atoms with Crippen molar-refractivity contribution in [3.63, 3.8) is 0 Å². The van der Waals surface area contributed by atoms with Crippen molar-refractivity contribution in [1.82, 2.24) is 50.3 Å². The normalized spacial score (nSPS) is 17.6. The van der Waals surface area contributed by atoms with Crippen molar-refractivity contribution in [2.75, 3.05) is 5.32 Å². The maximum Gasteiger partial charge on any atom is 0.223 e. The van der Waals surface area contributed by atoms with Gasteiger partial charge < -0.3 is 15.3 Å². The van der Waals surface area contributed by atoms with Crippen LogP contribution in [0.25, 0.3) is 21.8 Å². The minimum atomic E-state index is 0.0451. The van der Waals surface area contributed by atoms with Gasteiger partial charge in [0.25, 0.3) is 0 Å². The van der Waals surface area contributed by atoms with E-state index in [1.54, 1.807) is 10.9 Å². The maximum atomic E-state index is 8.08. The minimum absolute atomic E-state index is 0.0451. The number of hydrogen-bond donors (Lipinski definition) is 2. The molecule has 4 aromatic heterocycles. The quantitative estimate of drug-likeness (QED) is 0.518. The molecule has 12 nitrogen and oxygen atoms in total. The molecule has 136 valence electrons. The third kappa shape index (κ3) is 3.05. The first-order chi connectivity index (χ1) is 13.3. The van der Waals surface area contributed by atoms with Crippen molar-refractivity contribution in [3.05, 3.63) is 12.2 Å². The SMILES string of the molecule is N=C1CCCC[C@H]1Nc1nc2nnc(Cn3cnc4nnnnc43)nc2s1. The Morgan fingerprint density at radius 2 is 2.04 bits per heavy atom. The van der Waals surface area contributed by atoms with Crippen LogP contribution in [0.5, 0.6) is 0 Å². The Morgan fingerprint density at radius 3 is 2.96 bits per heavy atom. The Kier molecular flexibility index (Phi) is 3.85. The molecule has 0 amide bonds. The van der Waals surface area contributed by atoms with Crippen LogP contribution >= 0.6 is 11.3 Å². The molecule has 27 heavy (non-hydrogen) atoms. The molecule has 2 N–H and O–H groups in total. The number of nitrogens with zero attached hydrogens (tertiary/aromatic N) is 10. The van der Waals surface area contributed by atoms with E-state index in [0.29, 0.717) is 34.1 Å². The highest BCUT2D eigenvalue weighted by atomic mass is 32.1. The largest absolute Gasteiger partial charge is 0.353 e. The van der Waals surface area contributed by atoms with E-state index in [2.05, 4.69) is 51.1 Å². The molecule has 4 heterocycles. The standard InChI is InChI=1S/C14H14N12S/c15-7-3-1-2-4-8(7)17-14-19-11-13(27-14)18-9(20-21-11)5-26-6-16-10-12(26)23-25-24-22-10/h6,8,15H,1-5H2,(H,17,19,21)/t8-/m1/s1. The first kappa shape index (κ1) is 16.0. The highest BCUT2D eigenvalue weighted by Crippen LogP contribution is 2.26. The Labute approximate surface area is 156 Å². The van der Waals surface area contributed by atoms with E-state index in [4.69, 9.17) is 5.41 Å². The lowest BCUT2D eigenvalue weighted by Crippen LogP contribution is -2.31. The van der Waals surface area contributed by atoms with E-state index in [1.165, 1.54) is 11.3 Å². The van der Waals surface area contributed by atoms with Gasteiger partial charge in [0.15, 0.2) is 15.8 Å². The number of fused-ring (bicyclic) bond motifs is 2. The number of anilines is 1. The molecule has 0 spiro atoms. The van der Waals surface area contributed by atoms with Gasteiger partial charge in [0.2, 0.25) is 16.9 Å². The molecule has 5 rings (SSSR count). The zero-order valence-corrected chi connectivity index (χ0v) is 14.9. The summed E-state index contributed by atoms with van der Waals surface area (Å²) in [6.07, 6.45) is 5.61. The van der Waals surface area contributed by atoms with E-state index >= 15 is 0 Å². The van der Waals surface area contributed by atoms with Crippen LogP contribution in [0.3, 0.4) is 0 Å². The summed E-state index contributed by atoms with van der Waals surface area (Å²) >= 11 is 1.42. The molecule has 0 aromatic carbocycles. The summed E-state index contributed by atoms with van der Waals surface area (Å²) in [5, 5.41) is 35.2. The van der Waals surface area contributed by atoms with Gasteiger partial charge in [0.1, 0.15) is 0 Å². The minimum Gasteiger partial charge on any atom is -0.353 e. The fraction of sp³-hybridized carbons (Fsp3) is 0.429. The lowest BCUT2D eigenvalue weighted by molar-refractivity contribution is 0.624. The predicted octanol–water partition coefficient (Wildman–Crippen LogP) is 0.834. The molecule has 0 aliphatic heterocycles. The summed E-state index contributed by atoms with van der Waals surface area (Å²) in [5.41, 5.74) is 2.15. The zero-order chi connectivity index (χ0) is 18.2. The number of aromatic nitrogens is 10. The summed E-state index contributed by atoms with van der Waals surface area (Å²) in [4.78, 5) is 13.8. The van der Waals surface area contributed by atoms with Crippen LogP contribution in [0.4, 0.5) is 5.13 Å². The molecule has 1 aliphatic rings. The van der Waals surface area contributed by atoms with Gasteiger partial charge in [-0.2, -0.15) is 4.98 Å². The average Bonchev–Trinajstić information content (AvgIpc) is 3.27. The molecule has 0 saturated heterocycles. The van der Waals surface area contributed by atoms with Crippen molar-refractivity contribution < 1.29 is 0 Å². The van der Waals surface area contributed by atoms with Gasteiger partial charge in [0.05, 0.1) is 18.9 Å². The molecule has 1 atom stereocenters. The first-order valence-corrected chi connectivity index (χ1v) is 9.29. The molecule has 1 saturated carbocycles. The second kappa shape index (κ2) is 6.50. The summed E-state index contributed by atoms with van der Waals surface area (Å²) in [7, 11) is 0. The molecule has 4 aromatic rings. The van der Waals surface area contributed by atoms with Crippen LogP contribution in [0.2, 0.25) is 0 Å². The van der Waals surface area contributed by atoms with E-state index in [0.717, 1.165) is 36.5 Å². The van der Waals surface area contributed by atoms with Gasteiger partial charge in [-0.25, -0.2) is 9.97 Å². The average molecular weight is 382 g/mol. The van der Waals surface area contributed by atoms with E-state index in [1.807, 2.05) is 0 Å². The zero-order valence-electron chi connectivity index (χ0n) is 14.1. The summed E-state index contributed by atoms with van der Waals surface area (Å²) in [6.45, 7) is 0.341. The Hall–Kier alpha value is -3.22. The highest BCUT2D eigenvalue weighted by Gasteiger charge is 2.20. The van der Waals surface area contributed by atoms with Crippen LogP contribution < -0.4 is 5.32 Å². The van der Waals surface area contributed by atoms with Gasteiger partial charge in [0, 0.05) is 5.71 Å². The predicted molar refractivity (Wildman–Crippen MR) is 96.6 cm³/mol. The second-order valence-corrected chi connectivity index (χ2v) is 7.22. The van der Waals surface area contributed by atoms with Gasteiger partial charge in [-0.3, -0.25) is 0 Å². The third-order valence-electron chi connectivity index (χ3n) is 4.41. The smallest absolute Gasteiger partial charge is 0.223 e. The van der Waals surface area contributed by atoms with Crippen LogP contribution in [0.15, 0.2) is 6.33 Å². The fourth-order valence-corrected chi connectivity index (χ4v) is 3.91. The summed E-state index contributed by atoms with van der Waals surface area (Å²) in [6, 6.07) is 0.0451. The summed E-state index contributed by atoms with van der Waals surface area (Å²) in [5.74, 6) is 0.515. The van der Waals surface area contributed by atoms with Crippen molar-refractivity contribution in [3.8, 4) is 0 Å².